The third-order valence-corrected chi connectivity index (χ3v) is 4.82. The molecular weight excluding hydrogens is 290 g/mol. The number of ether oxygens (including phenoxy) is 1. The van der Waals surface area contributed by atoms with Crippen molar-refractivity contribution in [1.29, 1.82) is 0 Å². The highest BCUT2D eigenvalue weighted by Crippen LogP contribution is 2.26. The fourth-order valence-electron chi connectivity index (χ4n) is 3.59. The zero-order chi connectivity index (χ0) is 16.2. The number of amides is 1. The lowest BCUT2D eigenvalue weighted by atomic mass is 10.1. The lowest BCUT2D eigenvalue weighted by Crippen LogP contribution is -2.49. The average Bonchev–Trinajstić information content (AvgIpc) is 3.03. The Morgan fingerprint density at radius 3 is 2.70 bits per heavy atom. The number of carbonyl (C=O) groups excluding carboxylic acids is 1. The quantitative estimate of drug-likeness (QED) is 0.845. The molecular formula is C18H27N3O2. The van der Waals surface area contributed by atoms with Crippen molar-refractivity contribution in [1.82, 2.24) is 9.80 Å². The van der Waals surface area contributed by atoms with Gasteiger partial charge in [-0.05, 0) is 31.0 Å². The van der Waals surface area contributed by atoms with Gasteiger partial charge < -0.3 is 14.5 Å². The number of para-hydroxylation sites is 1. The Bertz CT molecular complexity index is 541. The summed E-state index contributed by atoms with van der Waals surface area (Å²) >= 11 is 0. The van der Waals surface area contributed by atoms with E-state index < -0.39 is 0 Å². The molecule has 2 aliphatic heterocycles. The summed E-state index contributed by atoms with van der Waals surface area (Å²) in [6.07, 6.45) is 2.07. The van der Waals surface area contributed by atoms with Crippen LogP contribution >= 0.6 is 0 Å². The second-order valence-electron chi connectivity index (χ2n) is 6.59. The van der Waals surface area contributed by atoms with Gasteiger partial charge in [0.05, 0.1) is 19.3 Å². The molecule has 2 aliphatic rings. The highest BCUT2D eigenvalue weighted by atomic mass is 16.5. The maximum atomic E-state index is 12.8. The summed E-state index contributed by atoms with van der Waals surface area (Å²) in [7, 11) is 4.14. The molecule has 0 saturated carbocycles. The first-order valence-corrected chi connectivity index (χ1v) is 8.52. The van der Waals surface area contributed by atoms with Gasteiger partial charge in [-0.1, -0.05) is 18.2 Å². The second-order valence-corrected chi connectivity index (χ2v) is 6.59. The summed E-state index contributed by atoms with van der Waals surface area (Å²) in [4.78, 5) is 19.3. The Morgan fingerprint density at radius 1 is 1.22 bits per heavy atom. The number of rotatable bonds is 4. The summed E-state index contributed by atoms with van der Waals surface area (Å²) in [5.41, 5.74) is 2.52. The van der Waals surface area contributed by atoms with E-state index in [1.165, 1.54) is 11.3 Å². The average molecular weight is 317 g/mol. The monoisotopic (exact) mass is 317 g/mol. The molecule has 1 amide bonds. The number of nitrogens with zero attached hydrogens (tertiary/aromatic N) is 3. The van der Waals surface area contributed by atoms with Crippen LogP contribution in [0.4, 0.5) is 5.69 Å². The molecule has 23 heavy (non-hydrogen) atoms. The van der Waals surface area contributed by atoms with Crippen molar-refractivity contribution in [3.05, 3.63) is 29.8 Å². The fourth-order valence-corrected chi connectivity index (χ4v) is 3.59. The number of hydrogen-bond acceptors (Lipinski definition) is 4. The summed E-state index contributed by atoms with van der Waals surface area (Å²) in [5.74, 6) is 0.285. The molecule has 0 aliphatic carbocycles. The van der Waals surface area contributed by atoms with E-state index in [0.29, 0.717) is 13.2 Å². The molecule has 5 nitrogen and oxygen atoms in total. The van der Waals surface area contributed by atoms with E-state index in [9.17, 15) is 4.79 Å². The van der Waals surface area contributed by atoms with Crippen molar-refractivity contribution in [2.24, 2.45) is 0 Å². The van der Waals surface area contributed by atoms with E-state index >= 15 is 0 Å². The van der Waals surface area contributed by atoms with Crippen molar-refractivity contribution in [3.8, 4) is 0 Å². The highest BCUT2D eigenvalue weighted by molar-refractivity contribution is 5.82. The van der Waals surface area contributed by atoms with Gasteiger partial charge in [-0.25, -0.2) is 0 Å². The number of benzene rings is 1. The fraction of sp³-hybridized carbons (Fsp3) is 0.611. The molecule has 0 bridgehead atoms. The molecule has 0 radical (unpaired) electrons. The lowest BCUT2D eigenvalue weighted by molar-refractivity contribution is -0.140. The zero-order valence-corrected chi connectivity index (χ0v) is 14.2. The third kappa shape index (κ3) is 3.67. The molecule has 0 N–H and O–H groups in total. The predicted molar refractivity (Wildman–Crippen MR) is 91.6 cm³/mol. The minimum absolute atomic E-state index is 0.0309. The first-order chi connectivity index (χ1) is 11.2. The molecule has 126 valence electrons. The van der Waals surface area contributed by atoms with Crippen LogP contribution in [0.15, 0.2) is 24.3 Å². The molecule has 2 fully saturated rings. The molecule has 0 unspecified atom stereocenters. The van der Waals surface area contributed by atoms with Gasteiger partial charge in [-0.3, -0.25) is 9.69 Å². The minimum atomic E-state index is 0.0309. The molecule has 1 atom stereocenters. The van der Waals surface area contributed by atoms with Crippen LogP contribution in [0, 0.1) is 0 Å². The van der Waals surface area contributed by atoms with E-state index in [2.05, 4.69) is 48.2 Å². The third-order valence-electron chi connectivity index (χ3n) is 4.82. The first-order valence-electron chi connectivity index (χ1n) is 8.52. The van der Waals surface area contributed by atoms with Crippen LogP contribution < -0.4 is 4.90 Å². The van der Waals surface area contributed by atoms with Gasteiger partial charge in [-0.2, -0.15) is 0 Å². The predicted octanol–water partition coefficient (Wildman–Crippen LogP) is 1.58. The molecule has 2 heterocycles. The number of hydrogen-bond donors (Lipinski definition) is 0. The summed E-state index contributed by atoms with van der Waals surface area (Å²) in [6, 6.07) is 8.49. The van der Waals surface area contributed by atoms with E-state index in [1.807, 2.05) is 4.90 Å². The van der Waals surface area contributed by atoms with Crippen molar-refractivity contribution < 1.29 is 9.53 Å². The Balaban J connectivity index is 1.71. The highest BCUT2D eigenvalue weighted by Gasteiger charge is 2.34. The Hall–Kier alpha value is -1.59. The van der Waals surface area contributed by atoms with Crippen LogP contribution in [0.1, 0.15) is 18.4 Å². The van der Waals surface area contributed by atoms with Crippen molar-refractivity contribution in [3.63, 3.8) is 0 Å². The van der Waals surface area contributed by atoms with Gasteiger partial charge in [0.1, 0.15) is 0 Å². The SMILES string of the molecule is CN(C)c1ccccc1CN1CCC[C@H]1C(=O)N1CCOCC1. The molecule has 1 aromatic rings. The van der Waals surface area contributed by atoms with Crippen LogP contribution in [0.25, 0.3) is 0 Å². The minimum Gasteiger partial charge on any atom is -0.378 e. The molecule has 0 spiro atoms. The van der Waals surface area contributed by atoms with Gasteiger partial charge in [0.15, 0.2) is 0 Å². The number of anilines is 1. The summed E-state index contributed by atoms with van der Waals surface area (Å²) < 4.78 is 5.36. The maximum absolute atomic E-state index is 12.8. The summed E-state index contributed by atoms with van der Waals surface area (Å²) in [5, 5.41) is 0. The van der Waals surface area contributed by atoms with Gasteiger partial charge >= 0.3 is 0 Å². The zero-order valence-electron chi connectivity index (χ0n) is 14.2. The van der Waals surface area contributed by atoms with Gasteiger partial charge in [0.25, 0.3) is 0 Å². The standard InChI is InChI=1S/C18H27N3O2/c1-19(2)16-7-4-3-6-15(16)14-21-9-5-8-17(21)18(22)20-10-12-23-13-11-20/h3-4,6-7,17H,5,8-14H2,1-2H3/t17-/m0/s1. The smallest absolute Gasteiger partial charge is 0.240 e. The molecule has 5 heteroatoms. The first kappa shape index (κ1) is 16.3. The normalized spacial score (nSPS) is 22.3. The molecule has 2 saturated heterocycles. The van der Waals surface area contributed by atoms with Crippen molar-refractivity contribution >= 4 is 11.6 Å². The van der Waals surface area contributed by atoms with E-state index in [0.717, 1.165) is 39.0 Å². The molecule has 3 rings (SSSR count). The molecule has 0 aromatic heterocycles. The Morgan fingerprint density at radius 2 is 1.96 bits per heavy atom. The van der Waals surface area contributed by atoms with Crippen LogP contribution in [0.5, 0.6) is 0 Å². The molecule has 1 aromatic carbocycles. The summed E-state index contributed by atoms with van der Waals surface area (Å²) in [6.45, 7) is 4.65. The van der Waals surface area contributed by atoms with E-state index in [-0.39, 0.29) is 11.9 Å². The number of morpholine rings is 1. The van der Waals surface area contributed by atoms with Crippen LogP contribution in [0.2, 0.25) is 0 Å². The lowest BCUT2D eigenvalue weighted by Gasteiger charge is -2.33. The van der Waals surface area contributed by atoms with Crippen LogP contribution in [-0.4, -0.2) is 68.7 Å². The second kappa shape index (κ2) is 7.32. The largest absolute Gasteiger partial charge is 0.378 e. The van der Waals surface area contributed by atoms with Crippen molar-refractivity contribution in [2.45, 2.75) is 25.4 Å². The van der Waals surface area contributed by atoms with Crippen LogP contribution in [-0.2, 0) is 16.1 Å². The number of carbonyl (C=O) groups is 1. The Labute approximate surface area is 138 Å². The van der Waals surface area contributed by atoms with E-state index in [4.69, 9.17) is 4.74 Å². The number of likely N-dealkylation sites (tertiary alicyclic amines) is 1. The van der Waals surface area contributed by atoms with Gasteiger partial charge in [-0.15, -0.1) is 0 Å². The van der Waals surface area contributed by atoms with Crippen molar-refractivity contribution in [2.75, 3.05) is 51.8 Å². The van der Waals surface area contributed by atoms with Crippen LogP contribution in [0.3, 0.4) is 0 Å². The van der Waals surface area contributed by atoms with Gasteiger partial charge in [0, 0.05) is 39.4 Å². The maximum Gasteiger partial charge on any atom is 0.240 e. The Kier molecular flexibility index (Phi) is 5.18. The van der Waals surface area contributed by atoms with E-state index in [1.54, 1.807) is 0 Å². The van der Waals surface area contributed by atoms with Gasteiger partial charge in [0.2, 0.25) is 5.91 Å². The topological polar surface area (TPSA) is 36.0 Å².